The van der Waals surface area contributed by atoms with Gasteiger partial charge in [0.1, 0.15) is 0 Å². The molecular formula is C15H29N. The third-order valence-corrected chi connectivity index (χ3v) is 3.49. The van der Waals surface area contributed by atoms with E-state index in [0.29, 0.717) is 6.04 Å². The molecule has 1 nitrogen and oxygen atoms in total. The van der Waals surface area contributed by atoms with Gasteiger partial charge in [0, 0.05) is 6.04 Å². The van der Waals surface area contributed by atoms with Crippen LogP contribution in [0.3, 0.4) is 0 Å². The second kappa shape index (κ2) is 7.11. The van der Waals surface area contributed by atoms with Crippen molar-refractivity contribution in [2.75, 3.05) is 6.54 Å². The van der Waals surface area contributed by atoms with Gasteiger partial charge in [-0.2, -0.15) is 0 Å². The lowest BCUT2D eigenvalue weighted by molar-refractivity contribution is 0.252. The molecule has 1 saturated carbocycles. The van der Waals surface area contributed by atoms with E-state index in [1.807, 2.05) is 0 Å². The average Bonchev–Trinajstić information content (AvgIpc) is 2.15. The van der Waals surface area contributed by atoms with E-state index in [4.69, 9.17) is 0 Å². The SMILES string of the molecule is CC1CC(C)CC(C=CCCNC(C)C)C1. The molecule has 1 aliphatic carbocycles. The predicted octanol–water partition coefficient (Wildman–Crippen LogP) is 4.00. The van der Waals surface area contributed by atoms with Crippen molar-refractivity contribution in [3.05, 3.63) is 12.2 Å². The van der Waals surface area contributed by atoms with Gasteiger partial charge in [0.15, 0.2) is 0 Å². The first kappa shape index (κ1) is 13.8. The first-order valence-electron chi connectivity index (χ1n) is 6.98. The number of hydrogen-bond acceptors (Lipinski definition) is 1. The quantitative estimate of drug-likeness (QED) is 0.548. The monoisotopic (exact) mass is 223 g/mol. The van der Waals surface area contributed by atoms with E-state index in [-0.39, 0.29) is 0 Å². The van der Waals surface area contributed by atoms with Gasteiger partial charge in [0.2, 0.25) is 0 Å². The summed E-state index contributed by atoms with van der Waals surface area (Å²) in [5.41, 5.74) is 0. The zero-order chi connectivity index (χ0) is 12.0. The van der Waals surface area contributed by atoms with Crippen LogP contribution in [0.4, 0.5) is 0 Å². The Labute approximate surface area is 102 Å². The molecule has 1 N–H and O–H groups in total. The predicted molar refractivity (Wildman–Crippen MR) is 72.6 cm³/mol. The first-order valence-corrected chi connectivity index (χ1v) is 6.98. The molecule has 16 heavy (non-hydrogen) atoms. The second-order valence-electron chi connectivity index (χ2n) is 6.00. The minimum atomic E-state index is 0.614. The van der Waals surface area contributed by atoms with Gasteiger partial charge in [-0.05, 0) is 50.0 Å². The summed E-state index contributed by atoms with van der Waals surface area (Å²) in [7, 11) is 0. The zero-order valence-corrected chi connectivity index (χ0v) is 11.5. The Morgan fingerprint density at radius 3 is 2.31 bits per heavy atom. The maximum Gasteiger partial charge on any atom is 0.00105 e. The highest BCUT2D eigenvalue weighted by Crippen LogP contribution is 2.33. The van der Waals surface area contributed by atoms with Crippen molar-refractivity contribution in [1.29, 1.82) is 0 Å². The first-order chi connectivity index (χ1) is 7.58. The lowest BCUT2D eigenvalue weighted by Crippen LogP contribution is -2.23. The number of hydrogen-bond donors (Lipinski definition) is 1. The molecule has 0 heterocycles. The van der Waals surface area contributed by atoms with E-state index in [1.54, 1.807) is 0 Å². The molecule has 0 bridgehead atoms. The lowest BCUT2D eigenvalue weighted by atomic mass is 9.76. The van der Waals surface area contributed by atoms with Crippen LogP contribution in [-0.4, -0.2) is 12.6 Å². The maximum absolute atomic E-state index is 3.45. The Balaban J connectivity index is 2.17. The molecule has 94 valence electrons. The number of allylic oxidation sites excluding steroid dienone is 1. The van der Waals surface area contributed by atoms with Crippen molar-refractivity contribution in [2.45, 2.75) is 59.4 Å². The summed E-state index contributed by atoms with van der Waals surface area (Å²) in [4.78, 5) is 0. The molecule has 0 aromatic carbocycles. The van der Waals surface area contributed by atoms with Gasteiger partial charge in [-0.25, -0.2) is 0 Å². The van der Waals surface area contributed by atoms with Crippen molar-refractivity contribution in [1.82, 2.24) is 5.32 Å². The van der Waals surface area contributed by atoms with E-state index >= 15 is 0 Å². The molecule has 0 radical (unpaired) electrons. The van der Waals surface area contributed by atoms with Gasteiger partial charge in [0.25, 0.3) is 0 Å². The Bertz CT molecular complexity index is 197. The fraction of sp³-hybridized carbons (Fsp3) is 0.867. The van der Waals surface area contributed by atoms with E-state index in [2.05, 4.69) is 45.2 Å². The summed E-state index contributed by atoms with van der Waals surface area (Å²) < 4.78 is 0. The molecule has 2 unspecified atom stereocenters. The van der Waals surface area contributed by atoms with Crippen molar-refractivity contribution in [2.24, 2.45) is 17.8 Å². The molecule has 1 heteroatoms. The summed E-state index contributed by atoms with van der Waals surface area (Å²) in [5.74, 6) is 2.69. The highest BCUT2D eigenvalue weighted by Gasteiger charge is 2.21. The van der Waals surface area contributed by atoms with Crippen LogP contribution in [0.5, 0.6) is 0 Å². The highest BCUT2D eigenvalue weighted by molar-refractivity contribution is 4.92. The van der Waals surface area contributed by atoms with Crippen molar-refractivity contribution >= 4 is 0 Å². The van der Waals surface area contributed by atoms with Gasteiger partial charge in [-0.3, -0.25) is 0 Å². The van der Waals surface area contributed by atoms with Crippen molar-refractivity contribution in [3.63, 3.8) is 0 Å². The molecule has 0 aliphatic heterocycles. The minimum Gasteiger partial charge on any atom is -0.314 e. The zero-order valence-electron chi connectivity index (χ0n) is 11.5. The van der Waals surface area contributed by atoms with Crippen LogP contribution >= 0.6 is 0 Å². The standard InChI is InChI=1S/C15H29N/c1-12(2)16-8-6-5-7-15-10-13(3)9-14(4)11-15/h5,7,12-16H,6,8-11H2,1-4H3. The lowest BCUT2D eigenvalue weighted by Gasteiger charge is -2.29. The summed E-state index contributed by atoms with van der Waals surface area (Å²) in [6.45, 7) is 10.3. The molecule has 0 aromatic heterocycles. The number of nitrogens with one attached hydrogen (secondary N) is 1. The summed E-state index contributed by atoms with van der Waals surface area (Å²) in [6.07, 6.45) is 10.3. The number of rotatable bonds is 5. The van der Waals surface area contributed by atoms with Gasteiger partial charge in [-0.15, -0.1) is 0 Å². The van der Waals surface area contributed by atoms with E-state index < -0.39 is 0 Å². The molecule has 0 aromatic rings. The summed E-state index contributed by atoms with van der Waals surface area (Å²) in [5, 5.41) is 3.45. The topological polar surface area (TPSA) is 12.0 Å². The van der Waals surface area contributed by atoms with E-state index in [9.17, 15) is 0 Å². The van der Waals surface area contributed by atoms with E-state index in [0.717, 1.165) is 24.3 Å². The molecule has 1 aliphatic rings. The normalized spacial score (nSPS) is 31.4. The van der Waals surface area contributed by atoms with Crippen LogP contribution in [0.15, 0.2) is 12.2 Å². The molecular weight excluding hydrogens is 194 g/mol. The fourth-order valence-corrected chi connectivity index (χ4v) is 2.91. The Kier molecular flexibility index (Phi) is 6.12. The van der Waals surface area contributed by atoms with Gasteiger partial charge in [0.05, 0.1) is 0 Å². The smallest absolute Gasteiger partial charge is 0.00105 e. The summed E-state index contributed by atoms with van der Waals surface area (Å²) >= 11 is 0. The maximum atomic E-state index is 3.45. The Morgan fingerprint density at radius 1 is 1.12 bits per heavy atom. The minimum absolute atomic E-state index is 0.614. The summed E-state index contributed by atoms with van der Waals surface area (Å²) in [6, 6.07) is 0.614. The van der Waals surface area contributed by atoms with Gasteiger partial charge < -0.3 is 5.32 Å². The third-order valence-electron chi connectivity index (χ3n) is 3.49. The van der Waals surface area contributed by atoms with Crippen LogP contribution < -0.4 is 5.32 Å². The van der Waals surface area contributed by atoms with E-state index in [1.165, 1.54) is 25.7 Å². The average molecular weight is 223 g/mol. The molecule has 1 fully saturated rings. The van der Waals surface area contributed by atoms with Crippen LogP contribution in [0, 0.1) is 17.8 Å². The van der Waals surface area contributed by atoms with Crippen LogP contribution in [0.2, 0.25) is 0 Å². The molecule has 0 amide bonds. The van der Waals surface area contributed by atoms with Crippen LogP contribution in [0.1, 0.15) is 53.4 Å². The third kappa shape index (κ3) is 5.69. The molecule has 0 saturated heterocycles. The van der Waals surface area contributed by atoms with Crippen LogP contribution in [0.25, 0.3) is 0 Å². The van der Waals surface area contributed by atoms with Crippen LogP contribution in [-0.2, 0) is 0 Å². The molecule has 2 atom stereocenters. The van der Waals surface area contributed by atoms with Gasteiger partial charge in [-0.1, -0.05) is 39.8 Å². The highest BCUT2D eigenvalue weighted by atomic mass is 14.9. The fourth-order valence-electron chi connectivity index (χ4n) is 2.91. The molecule has 1 rings (SSSR count). The Hall–Kier alpha value is -0.300. The van der Waals surface area contributed by atoms with Gasteiger partial charge >= 0.3 is 0 Å². The van der Waals surface area contributed by atoms with Crippen molar-refractivity contribution < 1.29 is 0 Å². The Morgan fingerprint density at radius 2 is 1.75 bits per heavy atom. The molecule has 0 spiro atoms. The van der Waals surface area contributed by atoms with Crippen molar-refractivity contribution in [3.8, 4) is 0 Å². The largest absolute Gasteiger partial charge is 0.314 e. The second-order valence-corrected chi connectivity index (χ2v) is 6.00.